The van der Waals surface area contributed by atoms with Gasteiger partial charge in [0, 0.05) is 19.6 Å². The monoisotopic (exact) mass is 259 g/mol. The molecule has 0 aromatic heterocycles. The molecule has 0 rings (SSSR count). The Morgan fingerprint density at radius 1 is 1.17 bits per heavy atom. The van der Waals surface area contributed by atoms with Crippen LogP contribution in [0.5, 0.6) is 0 Å². The van der Waals surface area contributed by atoms with Gasteiger partial charge in [-0.05, 0) is 26.9 Å². The van der Waals surface area contributed by atoms with Crippen molar-refractivity contribution >= 4 is 12.0 Å². The summed E-state index contributed by atoms with van der Waals surface area (Å²) < 4.78 is 0. The number of carboxylic acids is 1. The molecule has 0 aliphatic heterocycles. The van der Waals surface area contributed by atoms with Crippen LogP contribution >= 0.6 is 0 Å². The molecule has 0 aromatic carbocycles. The van der Waals surface area contributed by atoms with Crippen molar-refractivity contribution in [2.24, 2.45) is 5.41 Å². The molecule has 0 heterocycles. The molecule has 6 nitrogen and oxygen atoms in total. The predicted octanol–water partition coefficient (Wildman–Crippen LogP) is 0.738. The Bertz CT molecular complexity index is 276. The smallest absolute Gasteiger partial charge is 0.314 e. The number of rotatable bonds is 8. The van der Waals surface area contributed by atoms with Crippen molar-refractivity contribution in [2.75, 3.05) is 33.7 Å². The van der Waals surface area contributed by atoms with E-state index < -0.39 is 11.4 Å². The van der Waals surface area contributed by atoms with E-state index in [-0.39, 0.29) is 12.6 Å². The highest BCUT2D eigenvalue weighted by molar-refractivity contribution is 5.78. The third-order valence-electron chi connectivity index (χ3n) is 3.24. The van der Waals surface area contributed by atoms with E-state index in [1.807, 2.05) is 32.8 Å². The van der Waals surface area contributed by atoms with Gasteiger partial charge in [0.05, 0.1) is 5.41 Å². The highest BCUT2D eigenvalue weighted by Gasteiger charge is 2.35. The second-order valence-electron chi connectivity index (χ2n) is 4.71. The first-order valence-electron chi connectivity index (χ1n) is 6.27. The number of amides is 2. The van der Waals surface area contributed by atoms with Crippen LogP contribution in [-0.4, -0.2) is 55.7 Å². The van der Waals surface area contributed by atoms with Crippen molar-refractivity contribution in [2.45, 2.75) is 26.7 Å². The molecule has 0 aliphatic rings. The lowest BCUT2D eigenvalue weighted by molar-refractivity contribution is -0.149. The zero-order valence-electron chi connectivity index (χ0n) is 11.7. The zero-order valence-corrected chi connectivity index (χ0v) is 11.7. The van der Waals surface area contributed by atoms with Crippen LogP contribution in [0, 0.1) is 5.41 Å². The Balaban J connectivity index is 4.12. The number of carbonyl (C=O) groups excluding carboxylic acids is 1. The summed E-state index contributed by atoms with van der Waals surface area (Å²) in [5.41, 5.74) is -0.862. The number of nitrogens with one attached hydrogen (secondary N) is 2. The van der Waals surface area contributed by atoms with Gasteiger partial charge in [-0.15, -0.1) is 0 Å². The summed E-state index contributed by atoms with van der Waals surface area (Å²) in [7, 11) is 3.84. The quantitative estimate of drug-likeness (QED) is 0.600. The summed E-state index contributed by atoms with van der Waals surface area (Å²) in [6.45, 7) is 5.09. The van der Waals surface area contributed by atoms with Crippen LogP contribution in [0.1, 0.15) is 26.7 Å². The molecule has 0 bridgehead atoms. The first-order chi connectivity index (χ1) is 8.38. The molecule has 18 heavy (non-hydrogen) atoms. The molecular weight excluding hydrogens is 234 g/mol. The van der Waals surface area contributed by atoms with E-state index in [2.05, 4.69) is 10.6 Å². The highest BCUT2D eigenvalue weighted by Crippen LogP contribution is 2.25. The highest BCUT2D eigenvalue weighted by atomic mass is 16.4. The zero-order chi connectivity index (χ0) is 14.2. The van der Waals surface area contributed by atoms with Crippen molar-refractivity contribution in [3.63, 3.8) is 0 Å². The molecule has 0 saturated carbocycles. The van der Waals surface area contributed by atoms with Gasteiger partial charge in [-0.2, -0.15) is 0 Å². The fourth-order valence-electron chi connectivity index (χ4n) is 1.58. The molecule has 3 N–H and O–H groups in total. The Morgan fingerprint density at radius 2 is 1.72 bits per heavy atom. The van der Waals surface area contributed by atoms with Crippen molar-refractivity contribution in [3.8, 4) is 0 Å². The molecule has 0 aliphatic carbocycles. The Kier molecular flexibility index (Phi) is 7.35. The van der Waals surface area contributed by atoms with E-state index in [1.165, 1.54) is 0 Å². The van der Waals surface area contributed by atoms with Crippen molar-refractivity contribution < 1.29 is 14.7 Å². The molecule has 106 valence electrons. The maximum atomic E-state index is 11.5. The van der Waals surface area contributed by atoms with Crippen LogP contribution in [0.15, 0.2) is 0 Å². The van der Waals surface area contributed by atoms with E-state index in [9.17, 15) is 14.7 Å². The molecular formula is C12H25N3O3. The fraction of sp³-hybridized carbons (Fsp3) is 0.833. The maximum absolute atomic E-state index is 11.5. The van der Waals surface area contributed by atoms with E-state index >= 15 is 0 Å². The van der Waals surface area contributed by atoms with E-state index in [1.54, 1.807) is 0 Å². The van der Waals surface area contributed by atoms with E-state index in [0.717, 1.165) is 6.54 Å². The third-order valence-corrected chi connectivity index (χ3v) is 3.24. The number of carbonyl (C=O) groups is 2. The van der Waals surface area contributed by atoms with Gasteiger partial charge >= 0.3 is 12.0 Å². The Hall–Kier alpha value is -1.30. The normalized spacial score (nSPS) is 11.4. The van der Waals surface area contributed by atoms with Crippen molar-refractivity contribution in [3.05, 3.63) is 0 Å². The van der Waals surface area contributed by atoms with Gasteiger partial charge in [0.15, 0.2) is 0 Å². The third kappa shape index (κ3) is 5.35. The van der Waals surface area contributed by atoms with Gasteiger partial charge < -0.3 is 20.6 Å². The molecule has 0 saturated heterocycles. The summed E-state index contributed by atoms with van der Waals surface area (Å²) in [4.78, 5) is 24.7. The minimum Gasteiger partial charge on any atom is -0.481 e. The minimum atomic E-state index is -0.862. The van der Waals surface area contributed by atoms with E-state index in [0.29, 0.717) is 19.4 Å². The van der Waals surface area contributed by atoms with Gasteiger partial charge in [0.25, 0.3) is 0 Å². The topological polar surface area (TPSA) is 81.7 Å². The number of likely N-dealkylation sites (N-methyl/N-ethyl adjacent to an activating group) is 1. The lowest BCUT2D eigenvalue weighted by Crippen LogP contribution is -2.46. The first kappa shape index (κ1) is 16.7. The van der Waals surface area contributed by atoms with Crippen LogP contribution in [-0.2, 0) is 4.79 Å². The number of aliphatic carboxylic acids is 1. The number of hydrogen-bond acceptors (Lipinski definition) is 3. The van der Waals surface area contributed by atoms with Gasteiger partial charge in [0.1, 0.15) is 0 Å². The average Bonchev–Trinajstić information content (AvgIpc) is 2.30. The molecule has 2 amide bonds. The van der Waals surface area contributed by atoms with Crippen molar-refractivity contribution in [1.29, 1.82) is 0 Å². The van der Waals surface area contributed by atoms with Crippen LogP contribution in [0.4, 0.5) is 4.79 Å². The lowest BCUT2D eigenvalue weighted by atomic mass is 9.82. The molecule has 0 atom stereocenters. The van der Waals surface area contributed by atoms with Crippen LogP contribution < -0.4 is 10.6 Å². The summed E-state index contributed by atoms with van der Waals surface area (Å²) in [5.74, 6) is -0.860. The van der Waals surface area contributed by atoms with Crippen LogP contribution in [0.2, 0.25) is 0 Å². The number of carboxylic acid groups (broad SMARTS) is 1. The number of hydrogen-bond donors (Lipinski definition) is 3. The molecule has 0 spiro atoms. The molecule has 0 aromatic rings. The second-order valence-corrected chi connectivity index (χ2v) is 4.71. The lowest BCUT2D eigenvalue weighted by Gasteiger charge is -2.26. The van der Waals surface area contributed by atoms with Crippen molar-refractivity contribution in [1.82, 2.24) is 15.5 Å². The van der Waals surface area contributed by atoms with Gasteiger partial charge in [0.2, 0.25) is 0 Å². The minimum absolute atomic E-state index is 0.156. The number of nitrogens with zero attached hydrogens (tertiary/aromatic N) is 1. The molecule has 0 radical (unpaired) electrons. The second kappa shape index (κ2) is 7.92. The summed E-state index contributed by atoms with van der Waals surface area (Å²) >= 11 is 0. The fourth-order valence-corrected chi connectivity index (χ4v) is 1.58. The Morgan fingerprint density at radius 3 is 2.11 bits per heavy atom. The summed E-state index contributed by atoms with van der Waals surface area (Å²) in [5, 5.41) is 14.5. The predicted molar refractivity (Wildman–Crippen MR) is 70.6 cm³/mol. The molecule has 0 fully saturated rings. The molecule has 6 heteroatoms. The maximum Gasteiger partial charge on any atom is 0.314 e. The van der Waals surface area contributed by atoms with E-state index in [4.69, 9.17) is 0 Å². The SMILES string of the molecule is CCC(CC)(CNC(=O)NCCN(C)C)C(=O)O. The van der Waals surface area contributed by atoms with Gasteiger partial charge in [-0.3, -0.25) is 4.79 Å². The van der Waals surface area contributed by atoms with Crippen LogP contribution in [0.25, 0.3) is 0 Å². The number of urea groups is 1. The average molecular weight is 259 g/mol. The van der Waals surface area contributed by atoms with Gasteiger partial charge in [-0.25, -0.2) is 4.79 Å². The van der Waals surface area contributed by atoms with Gasteiger partial charge in [-0.1, -0.05) is 13.8 Å². The standard InChI is InChI=1S/C12H25N3O3/c1-5-12(6-2,10(16)17)9-14-11(18)13-7-8-15(3)4/h5-9H2,1-4H3,(H,16,17)(H2,13,14,18). The van der Waals surface area contributed by atoms with Crippen LogP contribution in [0.3, 0.4) is 0 Å². The Labute approximate surface area is 109 Å². The first-order valence-corrected chi connectivity index (χ1v) is 6.27. The summed E-state index contributed by atoms with van der Waals surface area (Å²) in [6, 6.07) is -0.315. The summed E-state index contributed by atoms with van der Waals surface area (Å²) in [6.07, 6.45) is 0.994. The molecule has 0 unspecified atom stereocenters. The largest absolute Gasteiger partial charge is 0.481 e.